The predicted octanol–water partition coefficient (Wildman–Crippen LogP) is 3.45. The molecular weight excluding hydrogens is 248 g/mol. The Kier molecular flexibility index (Phi) is 2.87. The van der Waals surface area contributed by atoms with Crippen molar-refractivity contribution in [3.63, 3.8) is 0 Å². The fraction of sp³-hybridized carbons (Fsp3) is 0.0714. The van der Waals surface area contributed by atoms with Crippen LogP contribution < -0.4 is 5.32 Å². The van der Waals surface area contributed by atoms with Crippen LogP contribution in [-0.2, 0) is 6.54 Å². The highest BCUT2D eigenvalue weighted by atomic mass is 19.1. The molecule has 19 heavy (non-hydrogen) atoms. The largest absolute Gasteiger partial charge is 0.381 e. The van der Waals surface area contributed by atoms with E-state index in [2.05, 4.69) is 15.3 Å². The van der Waals surface area contributed by atoms with Crippen molar-refractivity contribution in [1.82, 2.24) is 9.97 Å². The minimum atomic E-state index is -0.594. The summed E-state index contributed by atoms with van der Waals surface area (Å²) in [6.45, 7) is 0.467. The SMILES string of the molecule is Fc1cc(F)cc(NCc2c[nH]c3ncccc23)c1. The number of hydrogen-bond donors (Lipinski definition) is 2. The lowest BCUT2D eigenvalue weighted by Crippen LogP contribution is -1.99. The maximum Gasteiger partial charge on any atom is 0.137 e. The predicted molar refractivity (Wildman–Crippen MR) is 69.8 cm³/mol. The number of H-pyrrole nitrogens is 1. The van der Waals surface area contributed by atoms with Crippen molar-refractivity contribution >= 4 is 16.7 Å². The molecule has 0 saturated carbocycles. The summed E-state index contributed by atoms with van der Waals surface area (Å²) >= 11 is 0. The average molecular weight is 259 g/mol. The van der Waals surface area contributed by atoms with Gasteiger partial charge in [-0.25, -0.2) is 13.8 Å². The van der Waals surface area contributed by atoms with E-state index in [0.29, 0.717) is 12.2 Å². The number of aromatic nitrogens is 2. The second kappa shape index (κ2) is 4.68. The van der Waals surface area contributed by atoms with Crippen LogP contribution in [0.3, 0.4) is 0 Å². The van der Waals surface area contributed by atoms with Crippen LogP contribution in [0, 0.1) is 11.6 Å². The quantitative estimate of drug-likeness (QED) is 0.756. The third kappa shape index (κ3) is 2.40. The second-order valence-corrected chi connectivity index (χ2v) is 4.23. The first-order valence-electron chi connectivity index (χ1n) is 5.83. The summed E-state index contributed by atoms with van der Waals surface area (Å²) < 4.78 is 26.1. The van der Waals surface area contributed by atoms with Gasteiger partial charge in [0.15, 0.2) is 0 Å². The van der Waals surface area contributed by atoms with E-state index in [0.717, 1.165) is 22.7 Å². The molecular formula is C14H11F2N3. The van der Waals surface area contributed by atoms with Crippen LogP contribution in [0.4, 0.5) is 14.5 Å². The number of nitrogens with zero attached hydrogens (tertiary/aromatic N) is 1. The first-order chi connectivity index (χ1) is 9.22. The van der Waals surface area contributed by atoms with E-state index in [9.17, 15) is 8.78 Å². The number of anilines is 1. The Balaban J connectivity index is 1.82. The van der Waals surface area contributed by atoms with Crippen molar-refractivity contribution in [2.75, 3.05) is 5.32 Å². The number of hydrogen-bond acceptors (Lipinski definition) is 2. The Morgan fingerprint density at radius 3 is 2.74 bits per heavy atom. The third-order valence-electron chi connectivity index (χ3n) is 2.88. The highest BCUT2D eigenvalue weighted by molar-refractivity contribution is 5.79. The molecule has 2 aromatic heterocycles. The zero-order valence-electron chi connectivity index (χ0n) is 9.95. The zero-order chi connectivity index (χ0) is 13.2. The van der Waals surface area contributed by atoms with Gasteiger partial charge in [0, 0.05) is 36.1 Å². The lowest BCUT2D eigenvalue weighted by Gasteiger charge is -2.06. The molecule has 2 N–H and O–H groups in total. The van der Waals surface area contributed by atoms with Gasteiger partial charge in [0.25, 0.3) is 0 Å². The van der Waals surface area contributed by atoms with E-state index in [1.54, 1.807) is 6.20 Å². The number of rotatable bonds is 3. The molecule has 0 aliphatic rings. The van der Waals surface area contributed by atoms with Crippen molar-refractivity contribution in [1.29, 1.82) is 0 Å². The maximum atomic E-state index is 13.1. The number of halogens is 2. The van der Waals surface area contributed by atoms with Gasteiger partial charge in [-0.15, -0.1) is 0 Å². The van der Waals surface area contributed by atoms with Gasteiger partial charge in [-0.2, -0.15) is 0 Å². The minimum Gasteiger partial charge on any atom is -0.381 e. The fourth-order valence-electron chi connectivity index (χ4n) is 2.01. The number of aromatic amines is 1. The Morgan fingerprint density at radius 2 is 1.95 bits per heavy atom. The van der Waals surface area contributed by atoms with Crippen LogP contribution in [0.5, 0.6) is 0 Å². The molecule has 0 bridgehead atoms. The summed E-state index contributed by atoms with van der Waals surface area (Å²) in [6.07, 6.45) is 3.54. The first kappa shape index (κ1) is 11.6. The van der Waals surface area contributed by atoms with Crippen molar-refractivity contribution in [3.05, 3.63) is 59.9 Å². The van der Waals surface area contributed by atoms with Crippen LogP contribution >= 0.6 is 0 Å². The normalized spacial score (nSPS) is 10.8. The average Bonchev–Trinajstić information content (AvgIpc) is 2.78. The molecule has 3 nitrogen and oxygen atoms in total. The van der Waals surface area contributed by atoms with Crippen molar-refractivity contribution in [3.8, 4) is 0 Å². The van der Waals surface area contributed by atoms with Crippen LogP contribution in [0.2, 0.25) is 0 Å². The number of pyridine rings is 1. The van der Waals surface area contributed by atoms with Gasteiger partial charge in [-0.05, 0) is 29.8 Å². The molecule has 0 amide bonds. The van der Waals surface area contributed by atoms with Gasteiger partial charge in [-0.1, -0.05) is 0 Å². The molecule has 96 valence electrons. The van der Waals surface area contributed by atoms with Crippen molar-refractivity contribution in [2.24, 2.45) is 0 Å². The number of fused-ring (bicyclic) bond motifs is 1. The van der Waals surface area contributed by atoms with Crippen LogP contribution in [-0.4, -0.2) is 9.97 Å². The Bertz CT molecular complexity index is 701. The van der Waals surface area contributed by atoms with Crippen LogP contribution in [0.1, 0.15) is 5.56 Å². The number of benzene rings is 1. The van der Waals surface area contributed by atoms with E-state index in [1.807, 2.05) is 18.3 Å². The van der Waals surface area contributed by atoms with E-state index in [-0.39, 0.29) is 0 Å². The summed E-state index contributed by atoms with van der Waals surface area (Å²) in [4.78, 5) is 7.23. The summed E-state index contributed by atoms with van der Waals surface area (Å²) in [5, 5.41) is 3.99. The maximum absolute atomic E-state index is 13.1. The Morgan fingerprint density at radius 1 is 1.16 bits per heavy atom. The van der Waals surface area contributed by atoms with Gasteiger partial charge < -0.3 is 10.3 Å². The lowest BCUT2D eigenvalue weighted by molar-refractivity contribution is 0.584. The molecule has 3 aromatic rings. The monoisotopic (exact) mass is 259 g/mol. The molecule has 2 heterocycles. The van der Waals surface area contributed by atoms with Gasteiger partial charge in [-0.3, -0.25) is 0 Å². The lowest BCUT2D eigenvalue weighted by atomic mass is 10.2. The summed E-state index contributed by atoms with van der Waals surface area (Å²) in [7, 11) is 0. The molecule has 0 radical (unpaired) electrons. The molecule has 0 fully saturated rings. The highest BCUT2D eigenvalue weighted by Gasteiger charge is 2.05. The molecule has 3 rings (SSSR count). The minimum absolute atomic E-state index is 0.413. The van der Waals surface area contributed by atoms with Crippen molar-refractivity contribution in [2.45, 2.75) is 6.54 Å². The van der Waals surface area contributed by atoms with Crippen LogP contribution in [0.15, 0.2) is 42.7 Å². The van der Waals surface area contributed by atoms with Gasteiger partial charge in [0.1, 0.15) is 17.3 Å². The molecule has 0 aliphatic carbocycles. The second-order valence-electron chi connectivity index (χ2n) is 4.23. The molecule has 0 atom stereocenters. The Labute approximate surface area is 108 Å². The van der Waals surface area contributed by atoms with E-state index < -0.39 is 11.6 Å². The van der Waals surface area contributed by atoms with E-state index >= 15 is 0 Å². The van der Waals surface area contributed by atoms with Crippen LogP contribution in [0.25, 0.3) is 11.0 Å². The fourth-order valence-corrected chi connectivity index (χ4v) is 2.01. The molecule has 0 aliphatic heterocycles. The van der Waals surface area contributed by atoms with Gasteiger partial charge >= 0.3 is 0 Å². The van der Waals surface area contributed by atoms with Crippen molar-refractivity contribution < 1.29 is 8.78 Å². The molecule has 0 saturated heterocycles. The smallest absolute Gasteiger partial charge is 0.137 e. The highest BCUT2D eigenvalue weighted by Crippen LogP contribution is 2.18. The zero-order valence-corrected chi connectivity index (χ0v) is 9.95. The standard InChI is InChI=1S/C14H11F2N3/c15-10-4-11(16)6-12(5-10)18-7-9-8-19-14-13(9)2-1-3-17-14/h1-6,8,18H,7H2,(H,17,19). The molecule has 0 spiro atoms. The molecule has 5 heteroatoms. The summed E-state index contributed by atoms with van der Waals surface area (Å²) in [5.74, 6) is -1.19. The third-order valence-corrected chi connectivity index (χ3v) is 2.88. The molecule has 1 aromatic carbocycles. The number of nitrogens with one attached hydrogen (secondary N) is 2. The van der Waals surface area contributed by atoms with E-state index in [4.69, 9.17) is 0 Å². The topological polar surface area (TPSA) is 40.7 Å². The molecule has 0 unspecified atom stereocenters. The van der Waals surface area contributed by atoms with E-state index in [1.165, 1.54) is 12.1 Å². The van der Waals surface area contributed by atoms with Gasteiger partial charge in [0.2, 0.25) is 0 Å². The first-order valence-corrected chi connectivity index (χ1v) is 5.83. The van der Waals surface area contributed by atoms with Gasteiger partial charge in [0.05, 0.1) is 0 Å². The summed E-state index contributed by atoms with van der Waals surface area (Å²) in [5.41, 5.74) is 2.20. The summed E-state index contributed by atoms with van der Waals surface area (Å²) in [6, 6.07) is 7.16. The Hall–Kier alpha value is -2.43.